The summed E-state index contributed by atoms with van der Waals surface area (Å²) in [5.74, 6) is 2.63. The Hall–Kier alpha value is -0.400. The van der Waals surface area contributed by atoms with E-state index in [2.05, 4.69) is 28.5 Å². The predicted octanol–water partition coefficient (Wildman–Crippen LogP) is 3.15. The van der Waals surface area contributed by atoms with Gasteiger partial charge in [0.1, 0.15) is 10.0 Å². The number of benzene rings is 1. The molecule has 62 valence electrons. The fourth-order valence-corrected chi connectivity index (χ4v) is 1.45. The Morgan fingerprint density at radius 1 is 1.33 bits per heavy atom. The third kappa shape index (κ3) is 2.58. The highest BCUT2D eigenvalue weighted by atomic mass is 127. The number of hydrogen-bond donors (Lipinski definition) is 1. The highest BCUT2D eigenvalue weighted by Gasteiger charge is 2.02. The van der Waals surface area contributed by atoms with E-state index in [4.69, 9.17) is 16.7 Å². The summed E-state index contributed by atoms with van der Waals surface area (Å²) in [7, 11) is 0. The Morgan fingerprint density at radius 3 is 2.42 bits per heavy atom. The minimum atomic E-state index is 0.0184. The van der Waals surface area contributed by atoms with E-state index in [0.29, 0.717) is 5.02 Å². The normalized spacial score (nSPS) is 11.5. The standard InChI is InChI=1S/C9H6ClIO/c10-8-3-1-7(2-4-8)9(11)5-6-12/h1-4,9,12H. The van der Waals surface area contributed by atoms with Crippen LogP contribution in [0, 0.1) is 12.0 Å². The summed E-state index contributed by atoms with van der Waals surface area (Å²) in [5.41, 5.74) is 1.04. The molecule has 3 heteroatoms. The Morgan fingerprint density at radius 2 is 1.92 bits per heavy atom. The maximum atomic E-state index is 8.36. The molecule has 12 heavy (non-hydrogen) atoms. The van der Waals surface area contributed by atoms with Crippen LogP contribution in [-0.4, -0.2) is 5.11 Å². The van der Waals surface area contributed by atoms with Crippen molar-refractivity contribution < 1.29 is 5.11 Å². The van der Waals surface area contributed by atoms with Crippen LogP contribution in [0.1, 0.15) is 9.49 Å². The Balaban J connectivity index is 2.87. The van der Waals surface area contributed by atoms with Gasteiger partial charge >= 0.3 is 0 Å². The van der Waals surface area contributed by atoms with Crippen LogP contribution in [0.4, 0.5) is 0 Å². The summed E-state index contributed by atoms with van der Waals surface area (Å²) in [6.45, 7) is 0. The second-order valence-corrected chi connectivity index (χ2v) is 3.85. The van der Waals surface area contributed by atoms with E-state index < -0.39 is 0 Å². The van der Waals surface area contributed by atoms with Crippen molar-refractivity contribution in [3.05, 3.63) is 34.9 Å². The first-order valence-electron chi connectivity index (χ1n) is 3.28. The van der Waals surface area contributed by atoms with Gasteiger partial charge in [0.2, 0.25) is 0 Å². The second kappa shape index (κ2) is 4.58. The van der Waals surface area contributed by atoms with E-state index in [1.807, 2.05) is 30.4 Å². The zero-order chi connectivity index (χ0) is 8.97. The molecule has 0 amide bonds. The number of halogens is 2. The van der Waals surface area contributed by atoms with Gasteiger partial charge in [-0.25, -0.2) is 0 Å². The molecule has 0 radical (unpaired) electrons. The summed E-state index contributed by atoms with van der Waals surface area (Å²) in [6.07, 6.45) is 1.89. The molecule has 1 atom stereocenters. The SMILES string of the molecule is OC#CC(I)c1ccc(Cl)cc1. The van der Waals surface area contributed by atoms with Gasteiger partial charge in [0.15, 0.2) is 0 Å². The molecule has 0 bridgehead atoms. The maximum absolute atomic E-state index is 8.36. The average molecular weight is 293 g/mol. The van der Waals surface area contributed by atoms with Crippen LogP contribution in [0.2, 0.25) is 5.02 Å². The molecule has 0 aliphatic heterocycles. The summed E-state index contributed by atoms with van der Waals surface area (Å²) in [4.78, 5) is 0. The van der Waals surface area contributed by atoms with Crippen molar-refractivity contribution in [2.24, 2.45) is 0 Å². The van der Waals surface area contributed by atoms with Crippen molar-refractivity contribution in [2.75, 3.05) is 0 Å². The van der Waals surface area contributed by atoms with Crippen LogP contribution >= 0.6 is 34.2 Å². The molecule has 0 saturated carbocycles. The van der Waals surface area contributed by atoms with Crippen molar-refractivity contribution >= 4 is 34.2 Å². The lowest BCUT2D eigenvalue weighted by Crippen LogP contribution is -1.84. The van der Waals surface area contributed by atoms with Crippen LogP contribution in [0.5, 0.6) is 0 Å². The molecule has 0 saturated heterocycles. The summed E-state index contributed by atoms with van der Waals surface area (Å²) in [6, 6.07) is 7.40. The molecule has 1 nitrogen and oxygen atoms in total. The van der Waals surface area contributed by atoms with Gasteiger partial charge in [-0.3, -0.25) is 0 Å². The zero-order valence-corrected chi connectivity index (χ0v) is 9.00. The molecule has 0 spiro atoms. The second-order valence-electron chi connectivity index (χ2n) is 2.17. The highest BCUT2D eigenvalue weighted by molar-refractivity contribution is 14.1. The Labute approximate surface area is 89.9 Å². The van der Waals surface area contributed by atoms with Gasteiger partial charge in [-0.1, -0.05) is 46.3 Å². The number of aliphatic hydroxyl groups excluding tert-OH is 1. The van der Waals surface area contributed by atoms with Gasteiger partial charge < -0.3 is 5.11 Å². The quantitative estimate of drug-likeness (QED) is 0.479. The van der Waals surface area contributed by atoms with E-state index >= 15 is 0 Å². The number of alkyl halides is 1. The molecule has 1 N–H and O–H groups in total. The van der Waals surface area contributed by atoms with Crippen LogP contribution in [0.25, 0.3) is 0 Å². The molecular weight excluding hydrogens is 286 g/mol. The molecule has 0 aliphatic carbocycles. The summed E-state index contributed by atoms with van der Waals surface area (Å²) >= 11 is 7.85. The fraction of sp³-hybridized carbons (Fsp3) is 0.111. The summed E-state index contributed by atoms with van der Waals surface area (Å²) in [5, 5.41) is 9.07. The first-order chi connectivity index (χ1) is 5.74. The molecular formula is C9H6ClIO. The minimum Gasteiger partial charge on any atom is -0.462 e. The molecule has 0 heterocycles. The number of aliphatic hydroxyl groups is 1. The van der Waals surface area contributed by atoms with Crippen molar-refractivity contribution in [1.82, 2.24) is 0 Å². The van der Waals surface area contributed by atoms with Crippen LogP contribution in [0.15, 0.2) is 24.3 Å². The van der Waals surface area contributed by atoms with Gasteiger partial charge in [-0.2, -0.15) is 0 Å². The average Bonchev–Trinajstić information content (AvgIpc) is 2.06. The van der Waals surface area contributed by atoms with Gasteiger partial charge in [-0.15, -0.1) is 0 Å². The first-order valence-corrected chi connectivity index (χ1v) is 4.90. The van der Waals surface area contributed by atoms with Crippen LogP contribution in [-0.2, 0) is 0 Å². The van der Waals surface area contributed by atoms with E-state index in [-0.39, 0.29) is 3.92 Å². The van der Waals surface area contributed by atoms with E-state index in [1.54, 1.807) is 0 Å². The lowest BCUT2D eigenvalue weighted by atomic mass is 10.2. The largest absolute Gasteiger partial charge is 0.462 e. The molecule has 1 aromatic rings. The van der Waals surface area contributed by atoms with Crippen LogP contribution < -0.4 is 0 Å². The third-order valence-corrected chi connectivity index (χ3v) is 2.64. The lowest BCUT2D eigenvalue weighted by molar-refractivity contribution is 0.516. The topological polar surface area (TPSA) is 20.2 Å². The molecule has 1 rings (SSSR count). The Bertz CT molecular complexity index is 310. The van der Waals surface area contributed by atoms with Crippen molar-refractivity contribution in [2.45, 2.75) is 3.92 Å². The first kappa shape index (κ1) is 9.69. The molecule has 0 aromatic heterocycles. The molecule has 1 aromatic carbocycles. The van der Waals surface area contributed by atoms with Crippen molar-refractivity contribution in [3.63, 3.8) is 0 Å². The predicted molar refractivity (Wildman–Crippen MR) is 57.9 cm³/mol. The smallest absolute Gasteiger partial charge is 0.108 e. The maximum Gasteiger partial charge on any atom is 0.108 e. The number of hydrogen-bond acceptors (Lipinski definition) is 1. The van der Waals surface area contributed by atoms with Gasteiger partial charge in [0, 0.05) is 5.02 Å². The van der Waals surface area contributed by atoms with Crippen molar-refractivity contribution in [1.29, 1.82) is 0 Å². The minimum absolute atomic E-state index is 0.0184. The van der Waals surface area contributed by atoms with Crippen molar-refractivity contribution in [3.8, 4) is 12.0 Å². The third-order valence-electron chi connectivity index (χ3n) is 1.35. The van der Waals surface area contributed by atoms with E-state index in [0.717, 1.165) is 5.56 Å². The van der Waals surface area contributed by atoms with Crippen LogP contribution in [0.3, 0.4) is 0 Å². The molecule has 0 aliphatic rings. The van der Waals surface area contributed by atoms with E-state index in [9.17, 15) is 0 Å². The Kier molecular flexibility index (Phi) is 3.70. The zero-order valence-electron chi connectivity index (χ0n) is 6.09. The fourth-order valence-electron chi connectivity index (χ4n) is 0.772. The van der Waals surface area contributed by atoms with Gasteiger partial charge in [0.05, 0.1) is 0 Å². The number of rotatable bonds is 1. The highest BCUT2D eigenvalue weighted by Crippen LogP contribution is 2.23. The summed E-state index contributed by atoms with van der Waals surface area (Å²) < 4.78 is 0.0184. The van der Waals surface area contributed by atoms with Gasteiger partial charge in [-0.05, 0) is 23.6 Å². The monoisotopic (exact) mass is 292 g/mol. The van der Waals surface area contributed by atoms with Gasteiger partial charge in [0.25, 0.3) is 0 Å². The lowest BCUT2D eigenvalue weighted by Gasteiger charge is -2.00. The molecule has 1 unspecified atom stereocenters. The molecule has 0 fully saturated rings. The van der Waals surface area contributed by atoms with E-state index in [1.165, 1.54) is 0 Å².